The molecule has 0 saturated carbocycles. The third-order valence-electron chi connectivity index (χ3n) is 9.56. The Morgan fingerprint density at radius 1 is 0.585 bits per heavy atom. The maximum atomic E-state index is 4.51. The molecule has 2 aliphatic rings. The number of benzene rings is 4. The summed E-state index contributed by atoms with van der Waals surface area (Å²) in [6.45, 7) is 0. The van der Waals surface area contributed by atoms with Crippen LogP contribution in [-0.4, -0.2) is 19.1 Å². The van der Waals surface area contributed by atoms with Gasteiger partial charge in [-0.2, -0.15) is 0 Å². The van der Waals surface area contributed by atoms with E-state index in [-0.39, 0.29) is 0 Å². The van der Waals surface area contributed by atoms with Crippen molar-refractivity contribution in [2.45, 2.75) is 25.7 Å². The highest BCUT2D eigenvalue weighted by Gasteiger charge is 2.32. The van der Waals surface area contributed by atoms with Crippen molar-refractivity contribution < 1.29 is 0 Å². The second kappa shape index (κ2) is 7.76. The first-order valence-electron chi connectivity index (χ1n) is 14.6. The van der Waals surface area contributed by atoms with Crippen LogP contribution in [0.2, 0.25) is 0 Å². The van der Waals surface area contributed by atoms with Crippen molar-refractivity contribution in [3.63, 3.8) is 0 Å². The number of fused-ring (bicyclic) bond motifs is 8. The maximum Gasteiger partial charge on any atom is 0.0645 e. The molecule has 0 radical (unpaired) electrons. The van der Waals surface area contributed by atoms with E-state index < -0.39 is 0 Å². The normalized spacial score (nSPS) is 14.0. The Labute approximate surface area is 236 Å². The smallest absolute Gasteiger partial charge is 0.0645 e. The second-order valence-corrected chi connectivity index (χ2v) is 11.6. The van der Waals surface area contributed by atoms with Gasteiger partial charge in [0.15, 0.2) is 0 Å². The van der Waals surface area contributed by atoms with E-state index in [0.29, 0.717) is 0 Å². The molecule has 41 heavy (non-hydrogen) atoms. The molecule has 8 aromatic rings. The average molecular weight is 527 g/mol. The van der Waals surface area contributed by atoms with Gasteiger partial charge in [0, 0.05) is 40.1 Å². The molecule has 1 N–H and O–H groups in total. The van der Waals surface area contributed by atoms with Gasteiger partial charge in [-0.05, 0) is 102 Å². The van der Waals surface area contributed by atoms with Crippen LogP contribution in [0.25, 0.3) is 66.1 Å². The first-order chi connectivity index (χ1) is 20.4. The maximum absolute atomic E-state index is 4.51. The zero-order valence-electron chi connectivity index (χ0n) is 22.5. The van der Waals surface area contributed by atoms with E-state index in [2.05, 4.69) is 98.1 Å². The van der Waals surface area contributed by atoms with Gasteiger partial charge in [0.25, 0.3) is 0 Å². The van der Waals surface area contributed by atoms with E-state index in [1.807, 2.05) is 24.7 Å². The molecular formula is C37H26N4. The molecule has 0 atom stereocenters. The standard InChI is InChI=1S/C37H26N4/c1-3-9-32-26(7-1)30-18-22-11-12-23-19-31-27-8-2-4-10-33(27)41(25-15-17-39-21-25)37(31)29-14-13-28(34(22)35(23)29)36(30)40(32)24-6-5-16-38-20-24/h1-10,15-21,39H,11-14H2. The summed E-state index contributed by atoms with van der Waals surface area (Å²) >= 11 is 0. The van der Waals surface area contributed by atoms with Gasteiger partial charge in [-0.1, -0.05) is 36.4 Å². The Kier molecular flexibility index (Phi) is 4.11. The van der Waals surface area contributed by atoms with E-state index in [1.54, 1.807) is 0 Å². The van der Waals surface area contributed by atoms with Gasteiger partial charge < -0.3 is 14.1 Å². The third-order valence-corrected chi connectivity index (χ3v) is 9.56. The minimum absolute atomic E-state index is 1.02. The summed E-state index contributed by atoms with van der Waals surface area (Å²) < 4.78 is 4.95. The van der Waals surface area contributed by atoms with E-state index in [1.165, 1.54) is 82.7 Å². The van der Waals surface area contributed by atoms with Crippen molar-refractivity contribution in [1.82, 2.24) is 19.1 Å². The Morgan fingerprint density at radius 3 is 1.76 bits per heavy atom. The molecule has 0 fully saturated rings. The molecule has 0 bridgehead atoms. The molecule has 10 rings (SSSR count). The highest BCUT2D eigenvalue weighted by atomic mass is 15.0. The van der Waals surface area contributed by atoms with Crippen molar-refractivity contribution in [2.24, 2.45) is 0 Å². The van der Waals surface area contributed by atoms with Crippen LogP contribution in [0, 0.1) is 0 Å². The zero-order valence-corrected chi connectivity index (χ0v) is 22.5. The average Bonchev–Trinajstić information content (AvgIpc) is 3.75. The fourth-order valence-electron chi connectivity index (χ4n) is 8.03. The fourth-order valence-corrected chi connectivity index (χ4v) is 8.03. The first kappa shape index (κ1) is 21.7. The molecule has 0 unspecified atom stereocenters. The molecule has 0 spiro atoms. The number of hydrogen-bond acceptors (Lipinski definition) is 1. The number of pyridine rings is 1. The van der Waals surface area contributed by atoms with Crippen LogP contribution in [0.15, 0.2) is 104 Å². The summed E-state index contributed by atoms with van der Waals surface area (Å²) in [6.07, 6.45) is 12.2. The lowest BCUT2D eigenvalue weighted by Gasteiger charge is -2.31. The summed E-state index contributed by atoms with van der Waals surface area (Å²) in [5.41, 5.74) is 16.5. The van der Waals surface area contributed by atoms with Crippen molar-refractivity contribution in [3.8, 4) is 22.5 Å². The SMILES string of the molecule is c1cncc(-n2c3ccccc3c3cc4c5c(c32)CCc2c-5c(cc3c5ccccc5n(-c5cc[nH]c5)c23)CC4)c1. The van der Waals surface area contributed by atoms with Crippen LogP contribution in [0.1, 0.15) is 22.3 Å². The number of rotatable bonds is 2. The van der Waals surface area contributed by atoms with Crippen LogP contribution in [0.5, 0.6) is 0 Å². The lowest BCUT2D eigenvalue weighted by Crippen LogP contribution is -2.16. The predicted molar refractivity (Wildman–Crippen MR) is 168 cm³/mol. The van der Waals surface area contributed by atoms with Gasteiger partial charge in [0.2, 0.25) is 0 Å². The van der Waals surface area contributed by atoms with Crippen LogP contribution < -0.4 is 0 Å². The Bertz CT molecular complexity index is 2350. The fraction of sp³-hybridized carbons (Fsp3) is 0.108. The zero-order chi connectivity index (χ0) is 26.7. The highest BCUT2D eigenvalue weighted by molar-refractivity contribution is 6.16. The Morgan fingerprint density at radius 2 is 1.20 bits per heavy atom. The minimum atomic E-state index is 1.02. The quantitative estimate of drug-likeness (QED) is 0.241. The van der Waals surface area contributed by atoms with Crippen LogP contribution in [0.3, 0.4) is 0 Å². The van der Waals surface area contributed by atoms with Gasteiger partial charge >= 0.3 is 0 Å². The summed E-state index contributed by atoms with van der Waals surface area (Å²) in [7, 11) is 0. The highest BCUT2D eigenvalue weighted by Crippen LogP contribution is 2.51. The van der Waals surface area contributed by atoms with Crippen molar-refractivity contribution in [2.75, 3.05) is 0 Å². The van der Waals surface area contributed by atoms with Gasteiger partial charge in [-0.15, -0.1) is 0 Å². The molecule has 4 aromatic carbocycles. The molecule has 4 heteroatoms. The number of aryl methyl sites for hydroxylation is 4. The number of nitrogens with one attached hydrogen (secondary N) is 1. The lowest BCUT2D eigenvalue weighted by molar-refractivity contribution is 0.883. The van der Waals surface area contributed by atoms with Crippen molar-refractivity contribution >= 4 is 43.6 Å². The Hall–Kier alpha value is -5.09. The molecule has 0 aliphatic heterocycles. The van der Waals surface area contributed by atoms with Crippen LogP contribution in [-0.2, 0) is 25.7 Å². The molecule has 4 heterocycles. The molecular weight excluding hydrogens is 500 g/mol. The number of hydrogen-bond donors (Lipinski definition) is 1. The summed E-state index contributed by atoms with van der Waals surface area (Å²) in [4.78, 5) is 7.81. The monoisotopic (exact) mass is 526 g/mol. The summed E-state index contributed by atoms with van der Waals surface area (Å²) in [5.74, 6) is 0. The number of nitrogens with zero attached hydrogens (tertiary/aromatic N) is 3. The molecule has 194 valence electrons. The van der Waals surface area contributed by atoms with Crippen LogP contribution >= 0.6 is 0 Å². The van der Waals surface area contributed by atoms with Gasteiger partial charge in [-0.3, -0.25) is 4.98 Å². The largest absolute Gasteiger partial charge is 0.366 e. The molecule has 2 aliphatic carbocycles. The van der Waals surface area contributed by atoms with E-state index >= 15 is 0 Å². The van der Waals surface area contributed by atoms with Gasteiger partial charge in [0.1, 0.15) is 0 Å². The summed E-state index contributed by atoms with van der Waals surface area (Å²) in [5, 5.41) is 5.41. The topological polar surface area (TPSA) is 38.5 Å². The molecule has 4 nitrogen and oxygen atoms in total. The number of aromatic nitrogens is 4. The number of H-pyrrole nitrogens is 1. The van der Waals surface area contributed by atoms with E-state index in [9.17, 15) is 0 Å². The third kappa shape index (κ3) is 2.72. The molecule has 0 amide bonds. The lowest BCUT2D eigenvalue weighted by atomic mass is 9.74. The number of para-hydroxylation sites is 2. The van der Waals surface area contributed by atoms with Crippen molar-refractivity contribution in [1.29, 1.82) is 0 Å². The van der Waals surface area contributed by atoms with Gasteiger partial charge in [-0.25, -0.2) is 0 Å². The number of aromatic amines is 1. The van der Waals surface area contributed by atoms with Crippen LogP contribution in [0.4, 0.5) is 0 Å². The van der Waals surface area contributed by atoms with E-state index in [0.717, 1.165) is 31.4 Å². The van der Waals surface area contributed by atoms with Crippen molar-refractivity contribution in [3.05, 3.63) is 126 Å². The van der Waals surface area contributed by atoms with Gasteiger partial charge in [0.05, 0.1) is 39.6 Å². The first-order valence-corrected chi connectivity index (χ1v) is 14.6. The molecule has 4 aromatic heterocycles. The molecule has 0 saturated heterocycles. The Balaban J connectivity index is 1.38. The summed E-state index contributed by atoms with van der Waals surface area (Å²) in [6, 6.07) is 29.2. The van der Waals surface area contributed by atoms with E-state index in [4.69, 9.17) is 0 Å². The second-order valence-electron chi connectivity index (χ2n) is 11.6. The minimum Gasteiger partial charge on any atom is -0.366 e. The predicted octanol–water partition coefficient (Wildman–Crippen LogP) is 8.47.